The molecule has 0 aromatic heterocycles. The summed E-state index contributed by atoms with van der Waals surface area (Å²) in [5.74, 6) is 4.17. The summed E-state index contributed by atoms with van der Waals surface area (Å²) in [6.07, 6.45) is 0. The fraction of sp³-hybridized carbons (Fsp3) is 0.0714. The van der Waals surface area contributed by atoms with Gasteiger partial charge in [0, 0.05) is 11.6 Å². The van der Waals surface area contributed by atoms with Gasteiger partial charge in [-0.1, -0.05) is 30.3 Å². The van der Waals surface area contributed by atoms with E-state index in [2.05, 4.69) is 0 Å². The van der Waals surface area contributed by atoms with E-state index >= 15 is 0 Å². The molecule has 6 heteroatoms. The van der Waals surface area contributed by atoms with Gasteiger partial charge in [0.05, 0.1) is 0 Å². The molecule has 1 amide bonds. The zero-order chi connectivity index (χ0) is 13.7. The summed E-state index contributed by atoms with van der Waals surface area (Å²) >= 11 is 0. The van der Waals surface area contributed by atoms with E-state index in [0.29, 0.717) is 6.61 Å². The van der Waals surface area contributed by atoms with E-state index in [1.54, 1.807) is 0 Å². The van der Waals surface area contributed by atoms with Crippen molar-refractivity contribution in [2.45, 2.75) is 6.61 Å². The van der Waals surface area contributed by atoms with Gasteiger partial charge >= 0.3 is 0 Å². The summed E-state index contributed by atoms with van der Waals surface area (Å²) in [6, 6.07) is 13.2. The molecule has 4 nitrogen and oxygen atoms in total. The fourth-order valence-electron chi connectivity index (χ4n) is 1.60. The number of halogens is 2. The smallest absolute Gasteiger partial charge is 0.265 e. The highest BCUT2D eigenvalue weighted by Gasteiger charge is 2.08. The summed E-state index contributed by atoms with van der Waals surface area (Å²) in [4.78, 5) is 11.3. The van der Waals surface area contributed by atoms with Crippen LogP contribution < -0.4 is 16.0 Å². The first-order valence-electron chi connectivity index (χ1n) is 5.67. The minimum absolute atomic E-state index is 0. The molecule has 0 atom stereocenters. The minimum atomic E-state index is -0.566. The Hall–Kier alpha value is -2.11. The van der Waals surface area contributed by atoms with Crippen LogP contribution in [0, 0.1) is 5.82 Å². The molecule has 0 saturated carbocycles. The predicted molar refractivity (Wildman–Crippen MR) is 76.1 cm³/mol. The van der Waals surface area contributed by atoms with Crippen molar-refractivity contribution in [3.8, 4) is 5.75 Å². The number of ether oxygens (including phenoxy) is 1. The maximum Gasteiger partial charge on any atom is 0.265 e. The molecule has 0 saturated heterocycles. The Labute approximate surface area is 122 Å². The van der Waals surface area contributed by atoms with Crippen molar-refractivity contribution in [3.63, 3.8) is 0 Å². The van der Waals surface area contributed by atoms with Gasteiger partial charge in [0.25, 0.3) is 5.91 Å². The van der Waals surface area contributed by atoms with Gasteiger partial charge in [-0.3, -0.25) is 10.2 Å². The highest BCUT2D eigenvalue weighted by Crippen LogP contribution is 2.17. The Kier molecular flexibility index (Phi) is 5.96. The lowest BCUT2D eigenvalue weighted by Crippen LogP contribution is -2.30. The van der Waals surface area contributed by atoms with Crippen LogP contribution in [0.1, 0.15) is 15.9 Å². The number of hydrazine groups is 1. The Morgan fingerprint density at radius 1 is 1.20 bits per heavy atom. The molecule has 3 N–H and O–H groups in total. The number of benzene rings is 2. The van der Waals surface area contributed by atoms with Gasteiger partial charge in [-0.05, 0) is 17.7 Å². The number of carbonyl (C=O) groups is 1. The SMILES string of the molecule is Cl.NNC(=O)c1cc(F)cc(OCc2ccccc2)c1. The molecular weight excluding hydrogens is 283 g/mol. The van der Waals surface area contributed by atoms with Crippen molar-refractivity contribution in [2.75, 3.05) is 0 Å². The monoisotopic (exact) mass is 296 g/mol. The third-order valence-corrected chi connectivity index (χ3v) is 2.51. The topological polar surface area (TPSA) is 64.3 Å². The fourth-order valence-corrected chi connectivity index (χ4v) is 1.60. The Morgan fingerprint density at radius 3 is 2.55 bits per heavy atom. The van der Waals surface area contributed by atoms with Crippen molar-refractivity contribution in [1.29, 1.82) is 0 Å². The van der Waals surface area contributed by atoms with E-state index < -0.39 is 11.7 Å². The van der Waals surface area contributed by atoms with Gasteiger partial charge in [0.15, 0.2) is 0 Å². The van der Waals surface area contributed by atoms with Crippen LogP contribution in [0.2, 0.25) is 0 Å². The van der Waals surface area contributed by atoms with Crippen LogP contribution in [0.4, 0.5) is 4.39 Å². The van der Waals surface area contributed by atoms with Gasteiger partial charge < -0.3 is 4.74 Å². The number of nitrogens with two attached hydrogens (primary N) is 1. The normalized spacial score (nSPS) is 9.50. The Balaban J connectivity index is 0.00000200. The van der Waals surface area contributed by atoms with Crippen LogP contribution in [-0.4, -0.2) is 5.91 Å². The number of carbonyl (C=O) groups excluding carboxylic acids is 1. The first kappa shape index (κ1) is 15.9. The molecule has 0 unspecified atom stereocenters. The second-order valence-electron chi connectivity index (χ2n) is 3.92. The molecule has 0 radical (unpaired) electrons. The zero-order valence-electron chi connectivity index (χ0n) is 10.5. The minimum Gasteiger partial charge on any atom is -0.489 e. The van der Waals surface area contributed by atoms with Crippen molar-refractivity contribution >= 4 is 18.3 Å². The summed E-state index contributed by atoms with van der Waals surface area (Å²) in [5.41, 5.74) is 3.02. The Bertz CT molecular complexity index is 579. The molecule has 0 heterocycles. The molecular formula is C14H14ClFN2O2. The molecule has 0 aliphatic rings. The van der Waals surface area contributed by atoms with E-state index in [9.17, 15) is 9.18 Å². The first-order valence-corrected chi connectivity index (χ1v) is 5.67. The quantitative estimate of drug-likeness (QED) is 0.517. The van der Waals surface area contributed by atoms with Crippen LogP contribution in [0.5, 0.6) is 5.75 Å². The molecule has 0 aliphatic heterocycles. The second-order valence-corrected chi connectivity index (χ2v) is 3.92. The lowest BCUT2D eigenvalue weighted by molar-refractivity contribution is 0.0952. The summed E-state index contributed by atoms with van der Waals surface area (Å²) < 4.78 is 18.8. The van der Waals surface area contributed by atoms with Crippen molar-refractivity contribution in [2.24, 2.45) is 5.84 Å². The number of nitrogen functional groups attached to an aromatic ring is 1. The molecule has 0 aliphatic carbocycles. The lowest BCUT2D eigenvalue weighted by Gasteiger charge is -2.08. The van der Waals surface area contributed by atoms with Gasteiger partial charge in [-0.25, -0.2) is 10.2 Å². The Morgan fingerprint density at radius 2 is 1.90 bits per heavy atom. The van der Waals surface area contributed by atoms with E-state index in [0.717, 1.165) is 11.6 Å². The first-order chi connectivity index (χ1) is 9.19. The van der Waals surface area contributed by atoms with Gasteiger partial charge in [-0.15, -0.1) is 12.4 Å². The number of hydrogen-bond acceptors (Lipinski definition) is 3. The number of nitrogens with one attached hydrogen (secondary N) is 1. The maximum atomic E-state index is 13.3. The van der Waals surface area contributed by atoms with Crippen LogP contribution in [0.15, 0.2) is 48.5 Å². The molecule has 2 aromatic rings. The summed E-state index contributed by atoms with van der Waals surface area (Å²) in [7, 11) is 0. The van der Waals surface area contributed by atoms with Gasteiger partial charge in [0.1, 0.15) is 18.2 Å². The third-order valence-electron chi connectivity index (χ3n) is 2.51. The maximum absolute atomic E-state index is 13.3. The van der Waals surface area contributed by atoms with Crippen LogP contribution in [-0.2, 0) is 6.61 Å². The van der Waals surface area contributed by atoms with Crippen molar-refractivity contribution in [1.82, 2.24) is 5.43 Å². The highest BCUT2D eigenvalue weighted by molar-refractivity contribution is 5.94. The van der Waals surface area contributed by atoms with E-state index in [1.807, 2.05) is 35.8 Å². The van der Waals surface area contributed by atoms with Crippen molar-refractivity contribution < 1.29 is 13.9 Å². The average Bonchev–Trinajstić information content (AvgIpc) is 2.45. The third kappa shape index (κ3) is 4.22. The largest absolute Gasteiger partial charge is 0.489 e. The molecule has 2 rings (SSSR count). The number of rotatable bonds is 4. The van der Waals surface area contributed by atoms with E-state index in [4.69, 9.17) is 10.6 Å². The van der Waals surface area contributed by atoms with Crippen molar-refractivity contribution in [3.05, 3.63) is 65.5 Å². The number of amides is 1. The lowest BCUT2D eigenvalue weighted by atomic mass is 10.2. The van der Waals surface area contributed by atoms with Crippen LogP contribution in [0.3, 0.4) is 0 Å². The van der Waals surface area contributed by atoms with Gasteiger partial charge in [-0.2, -0.15) is 0 Å². The molecule has 0 spiro atoms. The van der Waals surface area contributed by atoms with Crippen LogP contribution >= 0.6 is 12.4 Å². The molecule has 106 valence electrons. The number of hydrogen-bond donors (Lipinski definition) is 2. The molecule has 0 bridgehead atoms. The average molecular weight is 297 g/mol. The zero-order valence-corrected chi connectivity index (χ0v) is 11.3. The summed E-state index contributed by atoms with van der Waals surface area (Å²) in [5, 5.41) is 0. The highest BCUT2D eigenvalue weighted by atomic mass is 35.5. The predicted octanol–water partition coefficient (Wildman–Crippen LogP) is 2.43. The van der Waals surface area contributed by atoms with E-state index in [-0.39, 0.29) is 23.7 Å². The van der Waals surface area contributed by atoms with Gasteiger partial charge in [0.2, 0.25) is 0 Å². The molecule has 0 fully saturated rings. The molecule has 20 heavy (non-hydrogen) atoms. The van der Waals surface area contributed by atoms with E-state index in [1.165, 1.54) is 12.1 Å². The second kappa shape index (κ2) is 7.47. The summed E-state index contributed by atoms with van der Waals surface area (Å²) in [6.45, 7) is 0.300. The van der Waals surface area contributed by atoms with Crippen LogP contribution in [0.25, 0.3) is 0 Å². The molecule has 2 aromatic carbocycles. The standard InChI is InChI=1S/C14H13FN2O2.ClH/c15-12-6-11(14(18)17-16)7-13(8-12)19-9-10-4-2-1-3-5-10;/h1-8H,9,16H2,(H,17,18);1H.